The van der Waals surface area contributed by atoms with Gasteiger partial charge in [0.25, 0.3) is 0 Å². The van der Waals surface area contributed by atoms with Gasteiger partial charge in [-0.15, -0.1) is 0 Å². The maximum atomic E-state index is 10.4. The van der Waals surface area contributed by atoms with Crippen LogP contribution in [0.4, 0.5) is 0 Å². The zero-order chi connectivity index (χ0) is 14.4. The van der Waals surface area contributed by atoms with E-state index in [9.17, 15) is 4.57 Å². The molecule has 20 heavy (non-hydrogen) atoms. The first-order valence-electron chi connectivity index (χ1n) is 7.76. The predicted molar refractivity (Wildman–Crippen MR) is 79.1 cm³/mol. The summed E-state index contributed by atoms with van der Waals surface area (Å²) in [5.41, 5.74) is 0. The van der Waals surface area contributed by atoms with E-state index in [0.29, 0.717) is 0 Å². The number of rotatable bonds is 14. The van der Waals surface area contributed by atoms with Gasteiger partial charge in [0.1, 0.15) is 0 Å². The third-order valence-electron chi connectivity index (χ3n) is 3.26. The minimum absolute atomic E-state index is 0. The van der Waals surface area contributed by atoms with E-state index in [-0.39, 0.29) is 33.9 Å². The van der Waals surface area contributed by atoms with Crippen molar-refractivity contribution in [1.82, 2.24) is 0 Å². The summed E-state index contributed by atoms with van der Waals surface area (Å²) in [6.45, 7) is 2.41. The average Bonchev–Trinajstić information content (AvgIpc) is 2.34. The Labute approximate surface area is 144 Å². The van der Waals surface area contributed by atoms with Gasteiger partial charge in [0, 0.05) is 27.3 Å². The molecule has 0 unspecified atom stereocenters. The van der Waals surface area contributed by atoms with Crippen LogP contribution < -0.4 is 0 Å². The molecule has 0 fully saturated rings. The standard InChI is InChI=1S/C14H31O4P.Cd/c1-2-3-4-5-6-7-8-9-10-11-12-13-14-18-19(15,16)17;/h2-14H2,1H3,(H2,15,16,17);. The van der Waals surface area contributed by atoms with E-state index in [0.717, 1.165) is 19.3 Å². The zero-order valence-electron chi connectivity index (χ0n) is 13.1. The second-order valence-electron chi connectivity index (χ2n) is 5.21. The van der Waals surface area contributed by atoms with Crippen LogP contribution in [0, 0.1) is 0 Å². The molecule has 0 aliphatic heterocycles. The van der Waals surface area contributed by atoms with Gasteiger partial charge in [-0.05, 0) is 6.42 Å². The molecule has 0 bridgehead atoms. The van der Waals surface area contributed by atoms with Gasteiger partial charge in [-0.1, -0.05) is 77.6 Å². The molecular formula is C14H31CdO4P. The molecule has 0 aliphatic carbocycles. The van der Waals surface area contributed by atoms with Crippen LogP contribution in [-0.2, 0) is 36.4 Å². The molecule has 0 atom stereocenters. The Hall–Kier alpha value is 1.03. The van der Waals surface area contributed by atoms with Gasteiger partial charge in [-0.2, -0.15) is 0 Å². The smallest absolute Gasteiger partial charge is 0.303 e. The number of hydrogen-bond donors (Lipinski definition) is 2. The summed E-state index contributed by atoms with van der Waals surface area (Å²) in [4.78, 5) is 17.0. The van der Waals surface area contributed by atoms with Crippen molar-refractivity contribution in [2.24, 2.45) is 0 Å². The molecule has 0 aromatic carbocycles. The Morgan fingerprint density at radius 2 is 1.10 bits per heavy atom. The number of unbranched alkanes of at least 4 members (excludes halogenated alkanes) is 11. The fourth-order valence-electron chi connectivity index (χ4n) is 2.13. The van der Waals surface area contributed by atoms with Crippen LogP contribution in [0.25, 0.3) is 0 Å². The molecule has 0 heterocycles. The Balaban J connectivity index is 0. The maximum Gasteiger partial charge on any atom is 0.469 e. The summed E-state index contributed by atoms with van der Waals surface area (Å²) in [5.74, 6) is 0. The van der Waals surface area contributed by atoms with Crippen LogP contribution in [-0.4, -0.2) is 16.4 Å². The fraction of sp³-hybridized carbons (Fsp3) is 1.00. The first kappa shape index (κ1) is 23.3. The monoisotopic (exact) mass is 408 g/mol. The van der Waals surface area contributed by atoms with Crippen molar-refractivity contribution in [3.05, 3.63) is 0 Å². The van der Waals surface area contributed by atoms with Gasteiger partial charge in [0.15, 0.2) is 0 Å². The van der Waals surface area contributed by atoms with Crippen molar-refractivity contribution in [1.29, 1.82) is 0 Å². The van der Waals surface area contributed by atoms with Crippen molar-refractivity contribution in [3.63, 3.8) is 0 Å². The second kappa shape index (κ2) is 16.4. The minimum Gasteiger partial charge on any atom is -0.303 e. The summed E-state index contributed by atoms with van der Waals surface area (Å²) in [7, 11) is -4.25. The molecule has 0 saturated heterocycles. The van der Waals surface area contributed by atoms with Crippen LogP contribution >= 0.6 is 7.82 Å². The molecular weight excluding hydrogens is 376 g/mol. The van der Waals surface area contributed by atoms with Gasteiger partial charge in [-0.25, -0.2) is 4.57 Å². The van der Waals surface area contributed by atoms with E-state index < -0.39 is 7.82 Å². The predicted octanol–water partition coefficient (Wildman–Crippen LogP) is 4.79. The summed E-state index contributed by atoms with van der Waals surface area (Å²) >= 11 is 0. The van der Waals surface area contributed by atoms with Gasteiger partial charge in [-0.3, -0.25) is 4.52 Å². The Bertz CT molecular complexity index is 233. The molecule has 2 N–H and O–H groups in total. The van der Waals surface area contributed by atoms with E-state index >= 15 is 0 Å². The molecule has 0 amide bonds. The van der Waals surface area contributed by atoms with E-state index in [4.69, 9.17) is 9.79 Å². The van der Waals surface area contributed by atoms with Gasteiger partial charge in [0.05, 0.1) is 6.61 Å². The third kappa shape index (κ3) is 21.3. The second-order valence-corrected chi connectivity index (χ2v) is 6.45. The van der Waals surface area contributed by atoms with E-state index in [1.54, 1.807) is 0 Å². The summed E-state index contributed by atoms with van der Waals surface area (Å²) < 4.78 is 14.8. The van der Waals surface area contributed by atoms with Crippen LogP contribution in [0.1, 0.15) is 84.0 Å². The molecule has 0 radical (unpaired) electrons. The Morgan fingerprint density at radius 1 is 0.750 bits per heavy atom. The van der Waals surface area contributed by atoms with Crippen LogP contribution in [0.3, 0.4) is 0 Å². The molecule has 118 valence electrons. The SMILES string of the molecule is CCCCCCCCCCCCCCOP(=O)(O)O.[Cd]. The summed E-state index contributed by atoms with van der Waals surface area (Å²) in [6.07, 6.45) is 14.9. The normalized spacial score (nSPS) is 11.3. The van der Waals surface area contributed by atoms with Crippen molar-refractivity contribution in [3.8, 4) is 0 Å². The van der Waals surface area contributed by atoms with Gasteiger partial charge < -0.3 is 9.79 Å². The summed E-state index contributed by atoms with van der Waals surface area (Å²) in [6, 6.07) is 0. The summed E-state index contributed by atoms with van der Waals surface area (Å²) in [5, 5.41) is 0. The molecule has 0 saturated carbocycles. The topological polar surface area (TPSA) is 66.8 Å². The molecule has 0 aliphatic rings. The molecule has 0 spiro atoms. The van der Waals surface area contributed by atoms with E-state index in [2.05, 4.69) is 11.4 Å². The van der Waals surface area contributed by atoms with Gasteiger partial charge >= 0.3 is 7.82 Å². The molecule has 0 aromatic rings. The molecule has 0 aromatic heterocycles. The van der Waals surface area contributed by atoms with E-state index in [1.807, 2.05) is 0 Å². The fourth-order valence-corrected chi connectivity index (χ4v) is 2.49. The molecule has 0 rings (SSSR count). The van der Waals surface area contributed by atoms with Crippen molar-refractivity contribution in [2.75, 3.05) is 6.61 Å². The van der Waals surface area contributed by atoms with Crippen LogP contribution in [0.15, 0.2) is 0 Å². The average molecular weight is 407 g/mol. The number of phosphoric ester groups is 1. The van der Waals surface area contributed by atoms with Crippen molar-refractivity contribution >= 4 is 7.82 Å². The largest absolute Gasteiger partial charge is 0.469 e. The van der Waals surface area contributed by atoms with Crippen molar-refractivity contribution in [2.45, 2.75) is 84.0 Å². The first-order valence-corrected chi connectivity index (χ1v) is 9.29. The maximum absolute atomic E-state index is 10.4. The number of phosphoric acid groups is 1. The molecule has 4 nitrogen and oxygen atoms in total. The number of hydrogen-bond acceptors (Lipinski definition) is 2. The van der Waals surface area contributed by atoms with Gasteiger partial charge in [0.2, 0.25) is 0 Å². The van der Waals surface area contributed by atoms with E-state index in [1.165, 1.54) is 57.8 Å². The van der Waals surface area contributed by atoms with Crippen molar-refractivity contribution < 1.29 is 46.2 Å². The Morgan fingerprint density at radius 3 is 1.45 bits per heavy atom. The quantitative estimate of drug-likeness (QED) is 0.247. The third-order valence-corrected chi connectivity index (χ3v) is 3.78. The Kier molecular flexibility index (Phi) is 19.1. The first-order chi connectivity index (χ1) is 9.06. The zero-order valence-corrected chi connectivity index (χ0v) is 18.0. The van der Waals surface area contributed by atoms with Crippen LogP contribution in [0.2, 0.25) is 0 Å². The molecule has 6 heteroatoms. The minimum atomic E-state index is -4.25. The van der Waals surface area contributed by atoms with Crippen LogP contribution in [0.5, 0.6) is 0 Å².